The quantitative estimate of drug-likeness (QED) is 0.789. The highest BCUT2D eigenvalue weighted by Gasteiger charge is 2.13. The molecular formula is C13H18N2O4S. The van der Waals surface area contributed by atoms with Gasteiger partial charge in [0.05, 0.1) is 25.0 Å². The van der Waals surface area contributed by atoms with Crippen LogP contribution in [0.3, 0.4) is 0 Å². The molecule has 0 aliphatic carbocycles. The molecule has 1 heterocycles. The van der Waals surface area contributed by atoms with Crippen LogP contribution in [-0.2, 0) is 14.3 Å². The molecule has 0 saturated carbocycles. The van der Waals surface area contributed by atoms with E-state index in [1.54, 1.807) is 13.1 Å². The van der Waals surface area contributed by atoms with Gasteiger partial charge in [-0.1, -0.05) is 0 Å². The van der Waals surface area contributed by atoms with Crippen LogP contribution in [0.5, 0.6) is 0 Å². The minimum Gasteiger partial charge on any atom is -0.469 e. The zero-order chi connectivity index (χ0) is 15.1. The molecule has 0 aliphatic rings. The first-order chi connectivity index (χ1) is 9.43. The average Bonchev–Trinajstić information content (AvgIpc) is 2.87. The molecule has 0 fully saturated rings. The third-order valence-corrected chi connectivity index (χ3v) is 3.67. The molecule has 0 unspecified atom stereocenters. The number of amides is 2. The second kappa shape index (κ2) is 7.64. The summed E-state index contributed by atoms with van der Waals surface area (Å²) in [5, 5.41) is 2.56. The minimum atomic E-state index is -0.372. The highest BCUT2D eigenvalue weighted by atomic mass is 32.1. The lowest BCUT2D eigenvalue weighted by atomic mass is 10.3. The fraction of sp³-hybridized carbons (Fsp3) is 0.462. The molecule has 0 saturated heterocycles. The van der Waals surface area contributed by atoms with Gasteiger partial charge in [0.2, 0.25) is 5.91 Å². The Kier molecular flexibility index (Phi) is 6.17. The van der Waals surface area contributed by atoms with Gasteiger partial charge >= 0.3 is 5.97 Å². The van der Waals surface area contributed by atoms with E-state index in [9.17, 15) is 14.4 Å². The second-order valence-electron chi connectivity index (χ2n) is 4.23. The van der Waals surface area contributed by atoms with E-state index in [0.717, 1.165) is 4.88 Å². The van der Waals surface area contributed by atoms with Gasteiger partial charge in [-0.05, 0) is 19.1 Å². The summed E-state index contributed by atoms with van der Waals surface area (Å²) in [5.41, 5.74) is 0. The summed E-state index contributed by atoms with van der Waals surface area (Å²) in [6, 6.07) is 3.57. The first-order valence-electron chi connectivity index (χ1n) is 6.09. The number of methoxy groups -OCH3 is 1. The lowest BCUT2D eigenvalue weighted by molar-refractivity contribution is -0.141. The topological polar surface area (TPSA) is 75.7 Å². The van der Waals surface area contributed by atoms with Gasteiger partial charge in [-0.2, -0.15) is 0 Å². The van der Waals surface area contributed by atoms with Gasteiger partial charge in [0.1, 0.15) is 0 Å². The van der Waals surface area contributed by atoms with Gasteiger partial charge in [0.25, 0.3) is 5.91 Å². The van der Waals surface area contributed by atoms with Crippen molar-refractivity contribution in [3.8, 4) is 0 Å². The maximum atomic E-state index is 11.8. The lowest BCUT2D eigenvalue weighted by Gasteiger charge is -2.16. The fourth-order valence-corrected chi connectivity index (χ4v) is 2.20. The van der Waals surface area contributed by atoms with Crippen molar-refractivity contribution in [1.82, 2.24) is 10.2 Å². The SMILES string of the molecule is COC(=O)CCN(C)C(=O)CNC(=O)c1ccc(C)s1. The summed E-state index contributed by atoms with van der Waals surface area (Å²) in [5.74, 6) is -0.893. The molecule has 0 atom stereocenters. The van der Waals surface area contributed by atoms with Crippen LogP contribution in [0.4, 0.5) is 0 Å². The predicted molar refractivity (Wildman–Crippen MR) is 75.7 cm³/mol. The van der Waals surface area contributed by atoms with E-state index in [-0.39, 0.29) is 37.3 Å². The maximum absolute atomic E-state index is 11.8. The Balaban J connectivity index is 2.35. The molecule has 7 heteroatoms. The van der Waals surface area contributed by atoms with Crippen LogP contribution < -0.4 is 5.32 Å². The average molecular weight is 298 g/mol. The molecule has 0 aliphatic heterocycles. The predicted octanol–water partition coefficient (Wildman–Crippen LogP) is 0.808. The zero-order valence-corrected chi connectivity index (χ0v) is 12.6. The highest BCUT2D eigenvalue weighted by Crippen LogP contribution is 2.14. The minimum absolute atomic E-state index is 0.0898. The van der Waals surface area contributed by atoms with Gasteiger partial charge in [0, 0.05) is 18.5 Å². The number of hydrogen-bond donors (Lipinski definition) is 1. The number of nitrogens with zero attached hydrogens (tertiary/aromatic N) is 1. The Labute approximate surface area is 121 Å². The summed E-state index contributed by atoms with van der Waals surface area (Å²) in [7, 11) is 2.88. The van der Waals surface area contributed by atoms with Crippen molar-refractivity contribution in [3.63, 3.8) is 0 Å². The van der Waals surface area contributed by atoms with Crippen molar-refractivity contribution in [1.29, 1.82) is 0 Å². The number of thiophene rings is 1. The molecule has 20 heavy (non-hydrogen) atoms. The fourth-order valence-electron chi connectivity index (χ4n) is 1.42. The van der Waals surface area contributed by atoms with Crippen molar-refractivity contribution >= 4 is 29.1 Å². The van der Waals surface area contributed by atoms with Crippen LogP contribution in [0.25, 0.3) is 0 Å². The lowest BCUT2D eigenvalue weighted by Crippen LogP contribution is -2.38. The molecule has 0 radical (unpaired) electrons. The van der Waals surface area contributed by atoms with Crippen molar-refractivity contribution in [2.75, 3.05) is 27.2 Å². The van der Waals surface area contributed by atoms with E-state index in [1.807, 2.05) is 13.0 Å². The van der Waals surface area contributed by atoms with Crippen molar-refractivity contribution in [2.45, 2.75) is 13.3 Å². The number of aryl methyl sites for hydroxylation is 1. The Morgan fingerprint density at radius 3 is 2.60 bits per heavy atom. The Bertz CT molecular complexity index is 498. The van der Waals surface area contributed by atoms with Crippen molar-refractivity contribution < 1.29 is 19.1 Å². The number of carbonyl (C=O) groups is 3. The van der Waals surface area contributed by atoms with E-state index in [4.69, 9.17) is 0 Å². The molecule has 110 valence electrons. The van der Waals surface area contributed by atoms with Gasteiger partial charge in [-0.3, -0.25) is 14.4 Å². The monoisotopic (exact) mass is 298 g/mol. The number of ether oxygens (including phenoxy) is 1. The molecule has 0 spiro atoms. The van der Waals surface area contributed by atoms with E-state index >= 15 is 0 Å². The molecular weight excluding hydrogens is 280 g/mol. The molecule has 1 aromatic rings. The van der Waals surface area contributed by atoms with Crippen LogP contribution >= 0.6 is 11.3 Å². The van der Waals surface area contributed by atoms with Crippen LogP contribution in [-0.4, -0.2) is 49.9 Å². The number of rotatable bonds is 6. The van der Waals surface area contributed by atoms with E-state index < -0.39 is 0 Å². The van der Waals surface area contributed by atoms with Gasteiger partial charge < -0.3 is 15.0 Å². The third-order valence-electron chi connectivity index (χ3n) is 2.67. The van der Waals surface area contributed by atoms with Gasteiger partial charge in [0.15, 0.2) is 0 Å². The highest BCUT2D eigenvalue weighted by molar-refractivity contribution is 7.13. The van der Waals surface area contributed by atoms with Crippen molar-refractivity contribution in [2.24, 2.45) is 0 Å². The number of carbonyl (C=O) groups excluding carboxylic acids is 3. The number of nitrogens with one attached hydrogen (secondary N) is 1. The van der Waals surface area contributed by atoms with E-state index in [2.05, 4.69) is 10.1 Å². The van der Waals surface area contributed by atoms with E-state index in [1.165, 1.54) is 23.3 Å². The van der Waals surface area contributed by atoms with Crippen molar-refractivity contribution in [3.05, 3.63) is 21.9 Å². The summed E-state index contributed by atoms with van der Waals surface area (Å²) in [6.07, 6.45) is 0.136. The van der Waals surface area contributed by atoms with Crippen LogP contribution in [0, 0.1) is 6.92 Å². The Morgan fingerprint density at radius 1 is 1.35 bits per heavy atom. The maximum Gasteiger partial charge on any atom is 0.307 e. The zero-order valence-electron chi connectivity index (χ0n) is 11.8. The first-order valence-corrected chi connectivity index (χ1v) is 6.91. The molecule has 0 bridgehead atoms. The smallest absolute Gasteiger partial charge is 0.307 e. The van der Waals surface area contributed by atoms with Crippen LogP contribution in [0.2, 0.25) is 0 Å². The third kappa shape index (κ3) is 5.00. The number of esters is 1. The molecule has 1 aromatic heterocycles. The van der Waals surface area contributed by atoms with Gasteiger partial charge in [-0.15, -0.1) is 11.3 Å². The van der Waals surface area contributed by atoms with E-state index in [0.29, 0.717) is 4.88 Å². The Hall–Kier alpha value is -1.89. The normalized spacial score (nSPS) is 9.95. The molecule has 6 nitrogen and oxygen atoms in total. The molecule has 1 rings (SSSR count). The Morgan fingerprint density at radius 2 is 2.05 bits per heavy atom. The van der Waals surface area contributed by atoms with Gasteiger partial charge in [-0.25, -0.2) is 0 Å². The van der Waals surface area contributed by atoms with Crippen LogP contribution in [0.15, 0.2) is 12.1 Å². The summed E-state index contributed by atoms with van der Waals surface area (Å²) in [4.78, 5) is 37.5. The summed E-state index contributed by atoms with van der Waals surface area (Å²) in [6.45, 7) is 2.08. The molecule has 1 N–H and O–H groups in total. The molecule has 2 amide bonds. The standard InChI is InChI=1S/C13H18N2O4S/c1-9-4-5-10(20-9)13(18)14-8-11(16)15(2)7-6-12(17)19-3/h4-5H,6-8H2,1-3H3,(H,14,18). The first kappa shape index (κ1) is 16.2. The number of hydrogen-bond acceptors (Lipinski definition) is 5. The summed E-state index contributed by atoms with van der Waals surface area (Å²) < 4.78 is 4.49. The number of likely N-dealkylation sites (N-methyl/N-ethyl adjacent to an activating group) is 1. The summed E-state index contributed by atoms with van der Waals surface area (Å²) >= 11 is 1.37. The largest absolute Gasteiger partial charge is 0.469 e. The second-order valence-corrected chi connectivity index (χ2v) is 5.52. The van der Waals surface area contributed by atoms with Crippen LogP contribution in [0.1, 0.15) is 21.0 Å². The molecule has 0 aromatic carbocycles.